The Morgan fingerprint density at radius 2 is 1.87 bits per heavy atom. The SMILES string of the molecule is O=C(N[C@H]1CC[C@H](N2CCCC2=O)CC1)c1ccc(-c2nccc3occc23)cc1. The van der Waals surface area contributed by atoms with Gasteiger partial charge in [0.2, 0.25) is 5.91 Å². The minimum Gasteiger partial charge on any atom is -0.464 e. The Bertz CT molecular complexity index is 1060. The van der Waals surface area contributed by atoms with Crippen LogP contribution in [0.3, 0.4) is 0 Å². The molecule has 154 valence electrons. The number of aromatic nitrogens is 1. The van der Waals surface area contributed by atoms with Crippen LogP contribution in [-0.4, -0.2) is 40.3 Å². The molecule has 2 fully saturated rings. The molecule has 0 unspecified atom stereocenters. The number of hydrogen-bond acceptors (Lipinski definition) is 4. The molecule has 1 saturated carbocycles. The lowest BCUT2D eigenvalue weighted by molar-refractivity contribution is -0.130. The highest BCUT2D eigenvalue weighted by Crippen LogP contribution is 2.28. The van der Waals surface area contributed by atoms with Crippen molar-refractivity contribution in [2.24, 2.45) is 0 Å². The molecule has 1 saturated heterocycles. The van der Waals surface area contributed by atoms with Crippen molar-refractivity contribution in [1.82, 2.24) is 15.2 Å². The summed E-state index contributed by atoms with van der Waals surface area (Å²) in [6.45, 7) is 0.897. The zero-order chi connectivity index (χ0) is 20.5. The van der Waals surface area contributed by atoms with Crippen molar-refractivity contribution in [3.05, 3.63) is 54.4 Å². The topological polar surface area (TPSA) is 75.4 Å². The maximum Gasteiger partial charge on any atom is 0.251 e. The van der Waals surface area contributed by atoms with E-state index in [0.29, 0.717) is 23.9 Å². The van der Waals surface area contributed by atoms with Crippen LogP contribution in [0.25, 0.3) is 22.2 Å². The minimum absolute atomic E-state index is 0.0447. The first-order valence-corrected chi connectivity index (χ1v) is 10.7. The Balaban J connectivity index is 1.21. The highest BCUT2D eigenvalue weighted by Gasteiger charge is 2.31. The van der Waals surface area contributed by atoms with Gasteiger partial charge in [0.05, 0.1) is 12.0 Å². The summed E-state index contributed by atoms with van der Waals surface area (Å²) in [6.07, 6.45) is 8.84. The van der Waals surface area contributed by atoms with E-state index in [1.807, 2.05) is 41.3 Å². The molecule has 3 heterocycles. The monoisotopic (exact) mass is 403 g/mol. The first kappa shape index (κ1) is 18.9. The molecule has 1 aliphatic carbocycles. The van der Waals surface area contributed by atoms with Crippen molar-refractivity contribution in [3.8, 4) is 11.3 Å². The molecule has 3 aromatic rings. The van der Waals surface area contributed by atoms with Crippen LogP contribution in [-0.2, 0) is 4.79 Å². The fraction of sp³-hybridized carbons (Fsp3) is 0.375. The third kappa shape index (κ3) is 3.58. The van der Waals surface area contributed by atoms with Gasteiger partial charge in [0.15, 0.2) is 0 Å². The first-order chi connectivity index (χ1) is 14.7. The van der Waals surface area contributed by atoms with E-state index in [1.165, 1.54) is 0 Å². The number of likely N-dealkylation sites (tertiary alicyclic amines) is 1. The van der Waals surface area contributed by atoms with Gasteiger partial charge in [-0.25, -0.2) is 0 Å². The molecule has 1 aromatic carbocycles. The van der Waals surface area contributed by atoms with Crippen molar-refractivity contribution in [2.75, 3.05) is 6.54 Å². The maximum atomic E-state index is 12.7. The van der Waals surface area contributed by atoms with Gasteiger partial charge in [-0.1, -0.05) is 12.1 Å². The Kier molecular flexibility index (Phi) is 4.99. The number of fused-ring (bicyclic) bond motifs is 1. The average Bonchev–Trinajstić information content (AvgIpc) is 3.43. The Labute approximate surface area is 175 Å². The Morgan fingerprint density at radius 1 is 1.07 bits per heavy atom. The maximum absolute atomic E-state index is 12.7. The van der Waals surface area contributed by atoms with Crippen LogP contribution in [0.1, 0.15) is 48.9 Å². The van der Waals surface area contributed by atoms with Gasteiger partial charge in [-0.3, -0.25) is 14.6 Å². The number of carbonyl (C=O) groups excluding carboxylic acids is 2. The molecule has 6 nitrogen and oxygen atoms in total. The van der Waals surface area contributed by atoms with Gasteiger partial charge in [0.1, 0.15) is 5.58 Å². The van der Waals surface area contributed by atoms with Gasteiger partial charge in [-0.15, -0.1) is 0 Å². The van der Waals surface area contributed by atoms with Crippen LogP contribution in [0.5, 0.6) is 0 Å². The van der Waals surface area contributed by atoms with E-state index in [9.17, 15) is 9.59 Å². The van der Waals surface area contributed by atoms with Crippen molar-refractivity contribution >= 4 is 22.8 Å². The van der Waals surface area contributed by atoms with Crippen LogP contribution in [0, 0.1) is 0 Å². The van der Waals surface area contributed by atoms with Crippen LogP contribution >= 0.6 is 0 Å². The molecule has 2 amide bonds. The van der Waals surface area contributed by atoms with E-state index in [1.54, 1.807) is 12.5 Å². The summed E-state index contributed by atoms with van der Waals surface area (Å²) in [5.41, 5.74) is 3.25. The predicted molar refractivity (Wildman–Crippen MR) is 114 cm³/mol. The summed E-state index contributed by atoms with van der Waals surface area (Å²) < 4.78 is 5.45. The third-order valence-electron chi connectivity index (χ3n) is 6.38. The molecule has 6 heteroatoms. The zero-order valence-corrected chi connectivity index (χ0v) is 16.8. The molecule has 0 radical (unpaired) electrons. The zero-order valence-electron chi connectivity index (χ0n) is 16.8. The number of benzene rings is 1. The molecule has 2 aromatic heterocycles. The Hall–Kier alpha value is -3.15. The largest absolute Gasteiger partial charge is 0.464 e. The van der Waals surface area contributed by atoms with E-state index < -0.39 is 0 Å². The number of hydrogen-bond donors (Lipinski definition) is 1. The average molecular weight is 403 g/mol. The quantitative estimate of drug-likeness (QED) is 0.710. The molecule has 2 aliphatic rings. The fourth-order valence-electron chi connectivity index (χ4n) is 4.76. The van der Waals surface area contributed by atoms with E-state index in [-0.39, 0.29) is 11.9 Å². The van der Waals surface area contributed by atoms with E-state index in [4.69, 9.17) is 4.42 Å². The molecule has 0 spiro atoms. The van der Waals surface area contributed by atoms with Gasteiger partial charge < -0.3 is 14.6 Å². The van der Waals surface area contributed by atoms with E-state index in [2.05, 4.69) is 10.3 Å². The second kappa shape index (κ2) is 7.94. The van der Waals surface area contributed by atoms with Gasteiger partial charge in [-0.05, 0) is 56.4 Å². The second-order valence-electron chi connectivity index (χ2n) is 8.24. The Morgan fingerprint density at radius 3 is 2.60 bits per heavy atom. The smallest absolute Gasteiger partial charge is 0.251 e. The van der Waals surface area contributed by atoms with Gasteiger partial charge >= 0.3 is 0 Å². The standard InChI is InChI=1S/C24H25N3O3/c28-22-2-1-14-27(22)19-9-7-18(8-10-19)26-24(29)17-5-3-16(4-6-17)23-20-12-15-30-21(20)11-13-25-23/h3-6,11-13,15,18-19H,1-2,7-10,14H2,(H,26,29)/t18-,19-. The van der Waals surface area contributed by atoms with Crippen molar-refractivity contribution in [3.63, 3.8) is 0 Å². The lowest BCUT2D eigenvalue weighted by Crippen LogP contribution is -2.44. The highest BCUT2D eigenvalue weighted by atomic mass is 16.3. The lowest BCUT2D eigenvalue weighted by Gasteiger charge is -2.34. The first-order valence-electron chi connectivity index (χ1n) is 10.7. The summed E-state index contributed by atoms with van der Waals surface area (Å²) in [5.74, 6) is 0.250. The summed E-state index contributed by atoms with van der Waals surface area (Å²) in [4.78, 5) is 31.2. The van der Waals surface area contributed by atoms with Gasteiger partial charge in [0, 0.05) is 47.8 Å². The molecular formula is C24H25N3O3. The molecule has 5 rings (SSSR count). The van der Waals surface area contributed by atoms with Crippen molar-refractivity contribution in [1.29, 1.82) is 0 Å². The molecular weight excluding hydrogens is 378 g/mol. The van der Waals surface area contributed by atoms with Crippen LogP contribution in [0.15, 0.2) is 53.3 Å². The van der Waals surface area contributed by atoms with Crippen LogP contribution in [0.2, 0.25) is 0 Å². The van der Waals surface area contributed by atoms with E-state index in [0.717, 1.165) is 60.9 Å². The number of pyridine rings is 1. The number of nitrogens with one attached hydrogen (secondary N) is 1. The van der Waals surface area contributed by atoms with Crippen molar-refractivity contribution in [2.45, 2.75) is 50.6 Å². The number of furan rings is 1. The van der Waals surface area contributed by atoms with Crippen molar-refractivity contribution < 1.29 is 14.0 Å². The summed E-state index contributed by atoms with van der Waals surface area (Å²) >= 11 is 0. The summed E-state index contributed by atoms with van der Waals surface area (Å²) in [5, 5.41) is 4.13. The number of carbonyl (C=O) groups is 2. The van der Waals surface area contributed by atoms with E-state index >= 15 is 0 Å². The third-order valence-corrected chi connectivity index (χ3v) is 6.38. The molecule has 30 heavy (non-hydrogen) atoms. The second-order valence-corrected chi connectivity index (χ2v) is 8.24. The fourth-order valence-corrected chi connectivity index (χ4v) is 4.76. The molecule has 1 N–H and O–H groups in total. The molecule has 0 atom stereocenters. The minimum atomic E-state index is -0.0447. The summed E-state index contributed by atoms with van der Waals surface area (Å²) in [6, 6.07) is 11.8. The molecule has 0 bridgehead atoms. The number of nitrogens with zero attached hydrogens (tertiary/aromatic N) is 2. The van der Waals surface area contributed by atoms with Gasteiger partial charge in [-0.2, -0.15) is 0 Å². The highest BCUT2D eigenvalue weighted by molar-refractivity contribution is 5.96. The lowest BCUT2D eigenvalue weighted by atomic mass is 9.90. The number of amides is 2. The number of rotatable bonds is 4. The molecule has 1 aliphatic heterocycles. The van der Waals surface area contributed by atoms with Crippen LogP contribution in [0.4, 0.5) is 0 Å². The predicted octanol–water partition coefficient (Wildman–Crippen LogP) is 4.16. The summed E-state index contributed by atoms with van der Waals surface area (Å²) in [7, 11) is 0. The van der Waals surface area contributed by atoms with Crippen LogP contribution < -0.4 is 5.32 Å². The normalized spacial score (nSPS) is 21.9. The van der Waals surface area contributed by atoms with Gasteiger partial charge in [0.25, 0.3) is 5.91 Å².